The van der Waals surface area contributed by atoms with Crippen LogP contribution in [-0.2, 0) is 0 Å². The second-order valence-electron chi connectivity index (χ2n) is 6.68. The average molecular weight is 332 g/mol. The van der Waals surface area contributed by atoms with Gasteiger partial charge in [0, 0.05) is 5.25 Å². The molecule has 2 unspecified atom stereocenters. The van der Waals surface area contributed by atoms with E-state index < -0.39 is 0 Å². The highest BCUT2D eigenvalue weighted by Crippen LogP contribution is 2.32. The summed E-state index contributed by atoms with van der Waals surface area (Å²) in [6.45, 7) is 9.22. The van der Waals surface area contributed by atoms with Crippen LogP contribution in [0.3, 0.4) is 0 Å². The lowest BCUT2D eigenvalue weighted by Crippen LogP contribution is -2.22. The molecule has 0 rings (SSSR count). The van der Waals surface area contributed by atoms with E-state index in [9.17, 15) is 0 Å². The Balaban J connectivity index is 4.07. The highest BCUT2D eigenvalue weighted by molar-refractivity contribution is 8.23. The van der Waals surface area contributed by atoms with Gasteiger partial charge in [-0.3, -0.25) is 0 Å². The van der Waals surface area contributed by atoms with Gasteiger partial charge in [0.1, 0.15) is 4.32 Å². The van der Waals surface area contributed by atoms with Crippen molar-refractivity contribution in [3.05, 3.63) is 0 Å². The smallest absolute Gasteiger partial charge is 0.131 e. The number of nitrogens with two attached hydrogens (primary N) is 1. The summed E-state index contributed by atoms with van der Waals surface area (Å²) in [7, 11) is 0. The van der Waals surface area contributed by atoms with E-state index in [0.717, 1.165) is 11.8 Å². The van der Waals surface area contributed by atoms with Gasteiger partial charge in [0.2, 0.25) is 0 Å². The van der Waals surface area contributed by atoms with Crippen LogP contribution in [0, 0.1) is 11.8 Å². The zero-order valence-electron chi connectivity index (χ0n) is 14.7. The van der Waals surface area contributed by atoms with Crippen LogP contribution in [-0.4, -0.2) is 9.57 Å². The third-order valence-electron chi connectivity index (χ3n) is 4.18. The van der Waals surface area contributed by atoms with Crippen LogP contribution in [0.15, 0.2) is 0 Å². The summed E-state index contributed by atoms with van der Waals surface area (Å²) in [5.41, 5.74) is 5.80. The Bertz CT molecular complexity index is 254. The van der Waals surface area contributed by atoms with Gasteiger partial charge in [-0.2, -0.15) is 0 Å². The van der Waals surface area contributed by atoms with Crippen LogP contribution in [0.2, 0.25) is 0 Å². The fourth-order valence-electron chi connectivity index (χ4n) is 3.03. The minimum Gasteiger partial charge on any atom is -0.385 e. The highest BCUT2D eigenvalue weighted by atomic mass is 32.2. The maximum atomic E-state index is 5.80. The van der Waals surface area contributed by atoms with Gasteiger partial charge in [-0.25, -0.2) is 0 Å². The van der Waals surface area contributed by atoms with Gasteiger partial charge in [0.15, 0.2) is 0 Å². The van der Waals surface area contributed by atoms with Gasteiger partial charge in [-0.15, -0.1) is 0 Å². The molecule has 0 amide bonds. The largest absolute Gasteiger partial charge is 0.385 e. The third-order valence-corrected chi connectivity index (χ3v) is 5.63. The van der Waals surface area contributed by atoms with Gasteiger partial charge >= 0.3 is 0 Å². The summed E-state index contributed by atoms with van der Waals surface area (Å²) >= 11 is 6.90. The molecule has 3 heteroatoms. The van der Waals surface area contributed by atoms with Crippen molar-refractivity contribution in [3.63, 3.8) is 0 Å². The number of thiocarbonyl (C=S) groups is 1. The van der Waals surface area contributed by atoms with Gasteiger partial charge in [-0.05, 0) is 24.7 Å². The number of thioether (sulfide) groups is 1. The summed E-state index contributed by atoms with van der Waals surface area (Å²) in [6, 6.07) is 0. The summed E-state index contributed by atoms with van der Waals surface area (Å²) in [4.78, 5) is 0. The fourth-order valence-corrected chi connectivity index (χ4v) is 4.48. The van der Waals surface area contributed by atoms with Gasteiger partial charge in [0.05, 0.1) is 0 Å². The number of unbranched alkanes of at least 4 members (excludes halogenated alkanes) is 6. The van der Waals surface area contributed by atoms with Crippen molar-refractivity contribution in [2.75, 3.05) is 0 Å². The van der Waals surface area contributed by atoms with E-state index in [0.29, 0.717) is 9.57 Å². The maximum absolute atomic E-state index is 5.80. The van der Waals surface area contributed by atoms with Gasteiger partial charge in [0.25, 0.3) is 0 Å². The zero-order valence-corrected chi connectivity index (χ0v) is 16.3. The molecule has 0 radical (unpaired) electrons. The van der Waals surface area contributed by atoms with Crippen LogP contribution < -0.4 is 5.73 Å². The summed E-state index contributed by atoms with van der Waals surface area (Å²) in [5.74, 6) is 1.52. The van der Waals surface area contributed by atoms with Crippen molar-refractivity contribution < 1.29 is 0 Å². The van der Waals surface area contributed by atoms with Gasteiger partial charge in [-0.1, -0.05) is 103 Å². The van der Waals surface area contributed by atoms with Crippen molar-refractivity contribution in [2.24, 2.45) is 17.6 Å². The number of hydrogen-bond donors (Lipinski definition) is 1. The fraction of sp³-hybridized carbons (Fsp3) is 0.944. The van der Waals surface area contributed by atoms with E-state index in [1.807, 2.05) is 0 Å². The predicted octanol–water partition coefficient (Wildman–Crippen LogP) is 6.54. The minimum absolute atomic E-state index is 0.630. The molecule has 0 aliphatic heterocycles. The molecule has 21 heavy (non-hydrogen) atoms. The topological polar surface area (TPSA) is 26.0 Å². The Morgan fingerprint density at radius 2 is 1.57 bits per heavy atom. The lowest BCUT2D eigenvalue weighted by molar-refractivity contribution is 0.372. The summed E-state index contributed by atoms with van der Waals surface area (Å²) in [6.07, 6.45) is 13.5. The molecule has 0 aromatic rings. The molecular weight excluding hydrogens is 294 g/mol. The Morgan fingerprint density at radius 3 is 2.05 bits per heavy atom. The molecule has 0 aliphatic carbocycles. The van der Waals surface area contributed by atoms with Crippen LogP contribution >= 0.6 is 24.0 Å². The molecule has 2 atom stereocenters. The Morgan fingerprint density at radius 1 is 1.00 bits per heavy atom. The van der Waals surface area contributed by atoms with Crippen LogP contribution in [0.1, 0.15) is 91.9 Å². The van der Waals surface area contributed by atoms with Crippen molar-refractivity contribution in [1.82, 2.24) is 0 Å². The molecule has 0 heterocycles. The van der Waals surface area contributed by atoms with E-state index in [-0.39, 0.29) is 0 Å². The first-order valence-electron chi connectivity index (χ1n) is 8.97. The van der Waals surface area contributed by atoms with Gasteiger partial charge < -0.3 is 5.73 Å². The molecule has 0 saturated carbocycles. The Labute approximate surface area is 143 Å². The lowest BCUT2D eigenvalue weighted by atomic mass is 9.89. The monoisotopic (exact) mass is 331 g/mol. The maximum Gasteiger partial charge on any atom is 0.131 e. The first-order chi connectivity index (χ1) is 10.0. The van der Waals surface area contributed by atoms with Crippen molar-refractivity contribution in [2.45, 2.75) is 97.2 Å². The quantitative estimate of drug-likeness (QED) is 0.306. The van der Waals surface area contributed by atoms with Crippen LogP contribution in [0.5, 0.6) is 0 Å². The number of hydrogen-bond acceptors (Lipinski definition) is 2. The highest BCUT2D eigenvalue weighted by Gasteiger charge is 2.22. The van der Waals surface area contributed by atoms with Crippen molar-refractivity contribution >= 4 is 28.3 Å². The molecule has 0 aromatic carbocycles. The van der Waals surface area contributed by atoms with Crippen LogP contribution in [0.25, 0.3) is 0 Å². The van der Waals surface area contributed by atoms with E-state index in [1.165, 1.54) is 64.2 Å². The molecule has 0 spiro atoms. The predicted molar refractivity (Wildman–Crippen MR) is 104 cm³/mol. The SMILES string of the molecule is CCCCCCCCCC(SC(N)=S)C(CC)CC(C)C. The Kier molecular flexibility index (Phi) is 14.0. The average Bonchev–Trinajstić information content (AvgIpc) is 2.42. The van der Waals surface area contributed by atoms with E-state index in [4.69, 9.17) is 18.0 Å². The summed E-state index contributed by atoms with van der Waals surface area (Å²) < 4.78 is 0.630. The van der Waals surface area contributed by atoms with E-state index in [1.54, 1.807) is 11.8 Å². The molecule has 0 fully saturated rings. The molecule has 2 N–H and O–H groups in total. The lowest BCUT2D eigenvalue weighted by Gasteiger charge is -2.27. The van der Waals surface area contributed by atoms with Crippen molar-refractivity contribution in [3.8, 4) is 0 Å². The van der Waals surface area contributed by atoms with Crippen LogP contribution in [0.4, 0.5) is 0 Å². The first-order valence-corrected chi connectivity index (χ1v) is 10.3. The normalized spacial score (nSPS) is 14.3. The molecule has 0 bridgehead atoms. The van der Waals surface area contributed by atoms with E-state index >= 15 is 0 Å². The summed E-state index contributed by atoms with van der Waals surface area (Å²) in [5, 5.41) is 0.630. The Hall–Kier alpha value is 0.240. The molecule has 1 nitrogen and oxygen atoms in total. The standard InChI is InChI=1S/C18H37NS2/c1-5-7-8-9-10-11-12-13-17(21-18(19)20)16(6-2)14-15(3)4/h15-17H,5-14H2,1-4H3,(H2,19,20). The molecule has 126 valence electrons. The van der Waals surface area contributed by atoms with Crippen molar-refractivity contribution in [1.29, 1.82) is 0 Å². The first kappa shape index (κ1) is 21.2. The van der Waals surface area contributed by atoms with E-state index in [2.05, 4.69) is 27.7 Å². The number of rotatable bonds is 13. The molecule has 0 saturated heterocycles. The minimum atomic E-state index is 0.630. The second kappa shape index (κ2) is 13.9. The molecular formula is C18H37NS2. The third kappa shape index (κ3) is 12.5. The molecule has 0 aliphatic rings. The second-order valence-corrected chi connectivity index (χ2v) is 8.66. The zero-order chi connectivity index (χ0) is 16.1. The molecule has 0 aromatic heterocycles.